The van der Waals surface area contributed by atoms with Crippen LogP contribution in [0.2, 0.25) is 0 Å². The summed E-state index contributed by atoms with van der Waals surface area (Å²) < 4.78 is 50.1. The third kappa shape index (κ3) is 3.09. The maximum atomic E-state index is 13.1. The lowest BCUT2D eigenvalue weighted by atomic mass is 10.1. The first-order valence-corrected chi connectivity index (χ1v) is 7.92. The van der Waals surface area contributed by atoms with Gasteiger partial charge in [-0.15, -0.1) is 11.6 Å². The summed E-state index contributed by atoms with van der Waals surface area (Å²) >= 11 is 5.68. The molecule has 1 aromatic rings. The van der Waals surface area contributed by atoms with Gasteiger partial charge in [-0.05, 0) is 24.6 Å². The Morgan fingerprint density at radius 3 is 2.65 bits per heavy atom. The van der Waals surface area contributed by atoms with Gasteiger partial charge in [-0.25, -0.2) is 17.2 Å². The number of rotatable bonds is 3. The maximum absolute atomic E-state index is 13.1. The van der Waals surface area contributed by atoms with Crippen molar-refractivity contribution in [2.24, 2.45) is 5.16 Å². The van der Waals surface area contributed by atoms with Gasteiger partial charge in [0.2, 0.25) is 0 Å². The Morgan fingerprint density at radius 2 is 2.10 bits per heavy atom. The van der Waals surface area contributed by atoms with Gasteiger partial charge in [-0.2, -0.15) is 0 Å². The molecule has 2 rings (SSSR count). The second-order valence-electron chi connectivity index (χ2n) is 4.84. The molecule has 8 heteroatoms. The van der Waals surface area contributed by atoms with Crippen LogP contribution in [0.25, 0.3) is 0 Å². The van der Waals surface area contributed by atoms with Gasteiger partial charge < -0.3 is 4.84 Å². The smallest absolute Gasteiger partial charge is 0.199 e. The zero-order valence-electron chi connectivity index (χ0n) is 10.6. The minimum Gasteiger partial charge on any atom is -0.387 e. The predicted molar refractivity (Wildman–Crippen MR) is 71.2 cm³/mol. The molecule has 0 spiro atoms. The molecule has 1 unspecified atom stereocenters. The van der Waals surface area contributed by atoms with Crippen molar-refractivity contribution in [1.82, 2.24) is 0 Å². The van der Waals surface area contributed by atoms with Crippen LogP contribution in [0.5, 0.6) is 0 Å². The molecule has 110 valence electrons. The van der Waals surface area contributed by atoms with Crippen LogP contribution in [-0.4, -0.2) is 24.9 Å². The number of sulfone groups is 1. The average molecular weight is 324 g/mol. The third-order valence-electron chi connectivity index (χ3n) is 2.88. The molecule has 0 amide bonds. The van der Waals surface area contributed by atoms with E-state index in [4.69, 9.17) is 16.4 Å². The standard InChI is InChI=1S/C12H12ClF2NO3S/c1-12(7-13)5-11(16-19-12)20(17,18)6-8-2-3-9(14)10(15)4-8/h2-4H,5-7H2,1H3. The van der Waals surface area contributed by atoms with E-state index in [9.17, 15) is 17.2 Å². The van der Waals surface area contributed by atoms with E-state index in [1.54, 1.807) is 6.92 Å². The number of nitrogens with zero attached hydrogens (tertiary/aromatic N) is 1. The number of alkyl halides is 1. The fourth-order valence-corrected chi connectivity index (χ4v) is 3.32. The highest BCUT2D eigenvalue weighted by Gasteiger charge is 2.39. The van der Waals surface area contributed by atoms with Crippen LogP contribution in [-0.2, 0) is 20.4 Å². The number of halogens is 3. The van der Waals surface area contributed by atoms with Crippen LogP contribution in [0.15, 0.2) is 23.4 Å². The fourth-order valence-electron chi connectivity index (χ4n) is 1.72. The van der Waals surface area contributed by atoms with Crippen LogP contribution in [0.4, 0.5) is 8.78 Å². The summed E-state index contributed by atoms with van der Waals surface area (Å²) in [6, 6.07) is 2.95. The van der Waals surface area contributed by atoms with Crippen LogP contribution < -0.4 is 0 Å². The maximum Gasteiger partial charge on any atom is 0.199 e. The number of benzene rings is 1. The van der Waals surface area contributed by atoms with Gasteiger partial charge in [-0.1, -0.05) is 11.2 Å². The first kappa shape index (κ1) is 15.2. The molecule has 20 heavy (non-hydrogen) atoms. The van der Waals surface area contributed by atoms with Crippen molar-refractivity contribution in [3.63, 3.8) is 0 Å². The van der Waals surface area contributed by atoms with Gasteiger partial charge in [-0.3, -0.25) is 0 Å². The summed E-state index contributed by atoms with van der Waals surface area (Å²) in [6.45, 7) is 1.64. The van der Waals surface area contributed by atoms with E-state index in [2.05, 4.69) is 5.16 Å². The molecular weight excluding hydrogens is 312 g/mol. The lowest BCUT2D eigenvalue weighted by Gasteiger charge is -2.16. The molecule has 1 aliphatic rings. The second kappa shape index (κ2) is 5.29. The highest BCUT2D eigenvalue weighted by atomic mass is 35.5. The number of oxime groups is 1. The average Bonchev–Trinajstić information content (AvgIpc) is 2.78. The number of hydrogen-bond donors (Lipinski definition) is 0. The Morgan fingerprint density at radius 1 is 1.40 bits per heavy atom. The first-order valence-electron chi connectivity index (χ1n) is 5.73. The van der Waals surface area contributed by atoms with E-state index < -0.39 is 32.8 Å². The van der Waals surface area contributed by atoms with Gasteiger partial charge in [0.1, 0.15) is 0 Å². The Bertz CT molecular complexity index is 663. The first-order chi connectivity index (χ1) is 9.26. The van der Waals surface area contributed by atoms with Crippen LogP contribution in [0.3, 0.4) is 0 Å². The molecule has 0 saturated carbocycles. The van der Waals surface area contributed by atoms with Crippen molar-refractivity contribution >= 4 is 26.5 Å². The molecule has 0 aliphatic carbocycles. The van der Waals surface area contributed by atoms with Crippen molar-refractivity contribution < 1.29 is 22.0 Å². The van der Waals surface area contributed by atoms with Crippen molar-refractivity contribution in [3.8, 4) is 0 Å². The molecule has 1 atom stereocenters. The zero-order valence-corrected chi connectivity index (χ0v) is 12.1. The van der Waals surface area contributed by atoms with Crippen molar-refractivity contribution in [2.75, 3.05) is 5.88 Å². The van der Waals surface area contributed by atoms with Crippen molar-refractivity contribution in [3.05, 3.63) is 35.4 Å². The van der Waals surface area contributed by atoms with Crippen molar-refractivity contribution in [2.45, 2.75) is 24.7 Å². The van der Waals surface area contributed by atoms with E-state index in [1.807, 2.05) is 0 Å². The molecule has 0 fully saturated rings. The minimum atomic E-state index is -3.75. The Kier molecular flexibility index (Phi) is 4.02. The van der Waals surface area contributed by atoms with Gasteiger partial charge in [0.15, 0.2) is 32.1 Å². The van der Waals surface area contributed by atoms with E-state index in [0.717, 1.165) is 12.1 Å². The van der Waals surface area contributed by atoms with Gasteiger partial charge in [0, 0.05) is 6.42 Å². The molecule has 1 aromatic carbocycles. The van der Waals surface area contributed by atoms with E-state index in [0.29, 0.717) is 0 Å². The van der Waals surface area contributed by atoms with Crippen LogP contribution in [0.1, 0.15) is 18.9 Å². The van der Waals surface area contributed by atoms with Crippen molar-refractivity contribution in [1.29, 1.82) is 0 Å². The quantitative estimate of drug-likeness (QED) is 0.803. The fraction of sp³-hybridized carbons (Fsp3) is 0.417. The highest BCUT2D eigenvalue weighted by Crippen LogP contribution is 2.28. The summed E-state index contributed by atoms with van der Waals surface area (Å²) in [5.41, 5.74) is -0.705. The van der Waals surface area contributed by atoms with Gasteiger partial charge in [0.25, 0.3) is 0 Å². The van der Waals surface area contributed by atoms with E-state index in [1.165, 1.54) is 6.07 Å². The van der Waals surface area contributed by atoms with E-state index >= 15 is 0 Å². The summed E-state index contributed by atoms with van der Waals surface area (Å²) in [5.74, 6) is -2.49. The van der Waals surface area contributed by atoms with Gasteiger partial charge >= 0.3 is 0 Å². The largest absolute Gasteiger partial charge is 0.387 e. The molecular formula is C12H12ClF2NO3S. The Hall–Kier alpha value is -1.21. The lowest BCUT2D eigenvalue weighted by Crippen LogP contribution is -2.28. The molecule has 0 aromatic heterocycles. The van der Waals surface area contributed by atoms with Crippen LogP contribution >= 0.6 is 11.6 Å². The zero-order chi connectivity index (χ0) is 15.0. The summed E-state index contributed by atoms with van der Waals surface area (Å²) in [6.07, 6.45) is 0.0580. The van der Waals surface area contributed by atoms with E-state index in [-0.39, 0.29) is 22.9 Å². The molecule has 1 aliphatic heterocycles. The summed E-state index contributed by atoms with van der Waals surface area (Å²) in [7, 11) is -3.75. The third-order valence-corrected chi connectivity index (χ3v) is 5.09. The van der Waals surface area contributed by atoms with Crippen LogP contribution in [0, 0.1) is 11.6 Å². The summed E-state index contributed by atoms with van der Waals surface area (Å²) in [4.78, 5) is 5.01. The molecule has 0 saturated heterocycles. The number of hydrogen-bond acceptors (Lipinski definition) is 4. The second-order valence-corrected chi connectivity index (χ2v) is 7.10. The molecule has 0 radical (unpaired) electrons. The molecule has 0 N–H and O–H groups in total. The molecule has 1 heterocycles. The monoisotopic (exact) mass is 323 g/mol. The predicted octanol–water partition coefficient (Wildman–Crippen LogP) is 2.61. The molecule has 0 bridgehead atoms. The topological polar surface area (TPSA) is 55.7 Å². The molecule has 4 nitrogen and oxygen atoms in total. The summed E-state index contributed by atoms with van der Waals surface area (Å²) in [5, 5.41) is 3.41. The Labute approximate surface area is 120 Å². The highest BCUT2D eigenvalue weighted by molar-refractivity contribution is 8.05. The minimum absolute atomic E-state index is 0.0580. The Balaban J connectivity index is 2.18. The lowest BCUT2D eigenvalue weighted by molar-refractivity contribution is 0.0152. The van der Waals surface area contributed by atoms with Gasteiger partial charge in [0.05, 0.1) is 11.6 Å². The SMILES string of the molecule is CC1(CCl)CC(S(=O)(=O)Cc2ccc(F)c(F)c2)=NO1. The normalized spacial score (nSPS) is 22.5.